The number of hydrogen-bond donors (Lipinski definition) is 0. The first kappa shape index (κ1) is 20.0. The summed E-state index contributed by atoms with van der Waals surface area (Å²) in [5, 5.41) is 4.83. The highest BCUT2D eigenvalue weighted by molar-refractivity contribution is 5.78. The molecule has 2 aliphatic heterocycles. The van der Waals surface area contributed by atoms with Crippen molar-refractivity contribution in [3.8, 4) is 0 Å². The minimum atomic E-state index is -0.309. The van der Waals surface area contributed by atoms with Gasteiger partial charge in [0.15, 0.2) is 0 Å². The van der Waals surface area contributed by atoms with Crippen molar-refractivity contribution in [1.29, 1.82) is 0 Å². The Balaban J connectivity index is 1.38. The van der Waals surface area contributed by atoms with E-state index in [2.05, 4.69) is 16.5 Å². The summed E-state index contributed by atoms with van der Waals surface area (Å²) in [5.74, 6) is -0.311. The lowest BCUT2D eigenvalue weighted by atomic mass is 10.1. The fourth-order valence-electron chi connectivity index (χ4n) is 4.27. The highest BCUT2D eigenvalue weighted by Crippen LogP contribution is 2.22. The number of rotatable bonds is 5. The molecule has 1 amide bonds. The third-order valence-electron chi connectivity index (χ3n) is 5.89. The van der Waals surface area contributed by atoms with E-state index in [4.69, 9.17) is 9.84 Å². The smallest absolute Gasteiger partial charge is 0.227 e. The zero-order chi connectivity index (χ0) is 20.2. The molecule has 2 aliphatic rings. The topological polar surface area (TPSA) is 50.6 Å². The van der Waals surface area contributed by atoms with Crippen molar-refractivity contribution in [2.45, 2.75) is 45.9 Å². The van der Waals surface area contributed by atoms with Crippen LogP contribution < -0.4 is 0 Å². The lowest BCUT2D eigenvalue weighted by Gasteiger charge is -2.22. The molecule has 29 heavy (non-hydrogen) atoms. The number of aryl methyl sites for hydroxylation is 1. The van der Waals surface area contributed by atoms with Gasteiger partial charge in [-0.05, 0) is 25.0 Å². The van der Waals surface area contributed by atoms with Gasteiger partial charge in [-0.1, -0.05) is 18.2 Å². The van der Waals surface area contributed by atoms with Gasteiger partial charge in [-0.15, -0.1) is 0 Å². The number of carbonyl (C=O) groups is 1. The number of ether oxygens (including phenoxy) is 1. The second-order valence-corrected chi connectivity index (χ2v) is 7.77. The molecule has 1 aromatic carbocycles. The Morgan fingerprint density at radius 1 is 1.21 bits per heavy atom. The van der Waals surface area contributed by atoms with Crippen molar-refractivity contribution in [3.63, 3.8) is 0 Å². The Kier molecular flexibility index (Phi) is 6.25. The Bertz CT molecular complexity index is 866. The Morgan fingerprint density at radius 3 is 2.90 bits per heavy atom. The van der Waals surface area contributed by atoms with Crippen LogP contribution in [0.3, 0.4) is 0 Å². The van der Waals surface area contributed by atoms with Gasteiger partial charge in [0, 0.05) is 56.9 Å². The van der Waals surface area contributed by atoms with E-state index < -0.39 is 0 Å². The molecule has 1 fully saturated rings. The number of fused-ring (bicyclic) bond motifs is 1. The maximum absolute atomic E-state index is 13.9. The number of benzene rings is 1. The molecule has 7 heteroatoms. The van der Waals surface area contributed by atoms with E-state index in [-0.39, 0.29) is 18.1 Å². The predicted molar refractivity (Wildman–Crippen MR) is 108 cm³/mol. The quantitative estimate of drug-likeness (QED) is 0.773. The van der Waals surface area contributed by atoms with E-state index in [1.165, 1.54) is 17.3 Å². The fraction of sp³-hybridized carbons (Fsp3) is 0.545. The number of amides is 1. The largest absolute Gasteiger partial charge is 0.376 e. The molecule has 0 bridgehead atoms. The van der Waals surface area contributed by atoms with Crippen LogP contribution in [0, 0.1) is 5.82 Å². The summed E-state index contributed by atoms with van der Waals surface area (Å²) in [4.78, 5) is 16.9. The SMILES string of the molecule is CCn1nc(CN2CCCN(C(=O)Cc3ccccc3F)CC2)c2c1CCOC2. The Morgan fingerprint density at radius 2 is 2.07 bits per heavy atom. The minimum Gasteiger partial charge on any atom is -0.376 e. The maximum Gasteiger partial charge on any atom is 0.227 e. The number of aromatic nitrogens is 2. The molecule has 0 radical (unpaired) electrons. The van der Waals surface area contributed by atoms with E-state index in [1.54, 1.807) is 18.2 Å². The number of nitrogens with zero attached hydrogens (tertiary/aromatic N) is 4. The van der Waals surface area contributed by atoms with Crippen LogP contribution in [0.25, 0.3) is 0 Å². The summed E-state index contributed by atoms with van der Waals surface area (Å²) in [5.41, 5.74) is 4.13. The molecule has 4 rings (SSSR count). The number of halogens is 1. The molecular weight excluding hydrogens is 371 g/mol. The predicted octanol–water partition coefficient (Wildman–Crippen LogP) is 2.39. The minimum absolute atomic E-state index is 0.00186. The van der Waals surface area contributed by atoms with Crippen molar-refractivity contribution in [1.82, 2.24) is 19.6 Å². The van der Waals surface area contributed by atoms with Crippen LogP contribution in [-0.4, -0.2) is 58.3 Å². The zero-order valence-electron chi connectivity index (χ0n) is 17.1. The standard InChI is InChI=1S/C22H29FN4O2/c1-2-27-21-8-13-29-16-18(21)20(24-27)15-25-9-5-10-26(12-11-25)22(28)14-17-6-3-4-7-19(17)23/h3-4,6-7H,2,5,8-16H2,1H3. The lowest BCUT2D eigenvalue weighted by molar-refractivity contribution is -0.130. The summed E-state index contributed by atoms with van der Waals surface area (Å²) in [6, 6.07) is 6.52. The molecule has 3 heterocycles. The van der Waals surface area contributed by atoms with E-state index >= 15 is 0 Å². The van der Waals surface area contributed by atoms with Crippen LogP contribution in [0.15, 0.2) is 24.3 Å². The normalized spacial score (nSPS) is 17.8. The second-order valence-electron chi connectivity index (χ2n) is 7.77. The van der Waals surface area contributed by atoms with E-state index in [0.717, 1.165) is 51.3 Å². The maximum atomic E-state index is 13.9. The monoisotopic (exact) mass is 400 g/mol. The third-order valence-corrected chi connectivity index (χ3v) is 5.89. The van der Waals surface area contributed by atoms with Gasteiger partial charge in [0.05, 0.1) is 25.3 Å². The molecule has 0 aliphatic carbocycles. The van der Waals surface area contributed by atoms with E-state index in [0.29, 0.717) is 25.3 Å². The van der Waals surface area contributed by atoms with Crippen LogP contribution in [0.4, 0.5) is 4.39 Å². The van der Waals surface area contributed by atoms with Gasteiger partial charge in [-0.2, -0.15) is 5.10 Å². The van der Waals surface area contributed by atoms with Crippen LogP contribution in [0.1, 0.15) is 35.9 Å². The zero-order valence-corrected chi connectivity index (χ0v) is 17.1. The first-order valence-corrected chi connectivity index (χ1v) is 10.5. The van der Waals surface area contributed by atoms with Crippen molar-refractivity contribution >= 4 is 5.91 Å². The van der Waals surface area contributed by atoms with Crippen molar-refractivity contribution < 1.29 is 13.9 Å². The van der Waals surface area contributed by atoms with Crippen LogP contribution >= 0.6 is 0 Å². The van der Waals surface area contributed by atoms with E-state index in [1.807, 2.05) is 4.90 Å². The van der Waals surface area contributed by atoms with Crippen molar-refractivity contribution in [2.24, 2.45) is 0 Å². The van der Waals surface area contributed by atoms with Gasteiger partial charge in [0.2, 0.25) is 5.91 Å². The first-order chi connectivity index (χ1) is 14.2. The van der Waals surface area contributed by atoms with Crippen LogP contribution in [0.5, 0.6) is 0 Å². The van der Waals surface area contributed by atoms with Crippen LogP contribution in [0.2, 0.25) is 0 Å². The highest BCUT2D eigenvalue weighted by atomic mass is 19.1. The molecule has 1 saturated heterocycles. The molecule has 6 nitrogen and oxygen atoms in total. The number of hydrogen-bond acceptors (Lipinski definition) is 4. The van der Waals surface area contributed by atoms with Gasteiger partial charge in [-0.25, -0.2) is 4.39 Å². The number of carbonyl (C=O) groups excluding carboxylic acids is 1. The molecule has 0 N–H and O–H groups in total. The average Bonchev–Trinajstić information content (AvgIpc) is 2.91. The summed E-state index contributed by atoms with van der Waals surface area (Å²) in [6.07, 6.45) is 1.96. The summed E-state index contributed by atoms with van der Waals surface area (Å²) in [7, 11) is 0. The highest BCUT2D eigenvalue weighted by Gasteiger charge is 2.24. The molecule has 0 unspecified atom stereocenters. The molecule has 0 spiro atoms. The average molecular weight is 400 g/mol. The molecule has 156 valence electrons. The molecular formula is C22H29FN4O2. The molecule has 1 aromatic heterocycles. The van der Waals surface area contributed by atoms with Gasteiger partial charge in [0.1, 0.15) is 5.82 Å². The van der Waals surface area contributed by atoms with Gasteiger partial charge >= 0.3 is 0 Å². The Labute approximate surface area is 171 Å². The third kappa shape index (κ3) is 4.51. The van der Waals surface area contributed by atoms with Crippen LogP contribution in [-0.2, 0) is 42.1 Å². The lowest BCUT2D eigenvalue weighted by Crippen LogP contribution is -2.36. The van der Waals surface area contributed by atoms with Crippen molar-refractivity contribution in [2.75, 3.05) is 32.8 Å². The first-order valence-electron chi connectivity index (χ1n) is 10.5. The molecule has 0 saturated carbocycles. The second kappa shape index (κ2) is 9.05. The van der Waals surface area contributed by atoms with Gasteiger partial charge in [-0.3, -0.25) is 14.4 Å². The van der Waals surface area contributed by atoms with Gasteiger partial charge < -0.3 is 9.64 Å². The summed E-state index contributed by atoms with van der Waals surface area (Å²) < 4.78 is 21.6. The Hall–Kier alpha value is -2.25. The van der Waals surface area contributed by atoms with Crippen molar-refractivity contribution in [3.05, 3.63) is 52.6 Å². The fourth-order valence-corrected chi connectivity index (χ4v) is 4.27. The summed E-state index contributed by atoms with van der Waals surface area (Å²) >= 11 is 0. The molecule has 2 aromatic rings. The summed E-state index contributed by atoms with van der Waals surface area (Å²) in [6.45, 7) is 8.31. The van der Waals surface area contributed by atoms with E-state index in [9.17, 15) is 9.18 Å². The van der Waals surface area contributed by atoms with Gasteiger partial charge in [0.25, 0.3) is 0 Å². The molecule has 0 atom stereocenters.